The third kappa shape index (κ3) is 2.65. The maximum absolute atomic E-state index is 12.1. The van der Waals surface area contributed by atoms with E-state index in [1.807, 2.05) is 6.07 Å². The van der Waals surface area contributed by atoms with E-state index in [9.17, 15) is 4.79 Å². The van der Waals surface area contributed by atoms with E-state index in [1.54, 1.807) is 42.6 Å². The molecule has 0 fully saturated rings. The van der Waals surface area contributed by atoms with Crippen LogP contribution >= 0.6 is 11.6 Å². The van der Waals surface area contributed by atoms with Crippen molar-refractivity contribution >= 4 is 28.4 Å². The van der Waals surface area contributed by atoms with Gasteiger partial charge in [-0.2, -0.15) is 0 Å². The van der Waals surface area contributed by atoms with Crippen molar-refractivity contribution < 1.29 is 4.79 Å². The van der Waals surface area contributed by atoms with Crippen LogP contribution in [0.2, 0.25) is 5.15 Å². The van der Waals surface area contributed by atoms with Gasteiger partial charge in [0.15, 0.2) is 5.78 Å². The van der Waals surface area contributed by atoms with Crippen LogP contribution in [0.5, 0.6) is 0 Å². The van der Waals surface area contributed by atoms with E-state index in [1.165, 1.54) is 0 Å². The summed E-state index contributed by atoms with van der Waals surface area (Å²) in [5, 5.41) is 0.427. The van der Waals surface area contributed by atoms with Gasteiger partial charge in [-0.1, -0.05) is 17.7 Å². The maximum Gasteiger partial charge on any atom is 0.187 e. The van der Waals surface area contributed by atoms with Gasteiger partial charge in [0.1, 0.15) is 10.8 Å². The fraction of sp³-hybridized carbons (Fsp3) is 0.0667. The fourth-order valence-corrected chi connectivity index (χ4v) is 2.06. The minimum Gasteiger partial charge on any atom is -0.292 e. The molecule has 0 spiro atoms. The van der Waals surface area contributed by atoms with Crippen molar-refractivity contribution in [2.45, 2.75) is 6.42 Å². The number of carbonyl (C=O) groups is 1. The molecular weight excluding hydrogens is 274 g/mol. The van der Waals surface area contributed by atoms with Gasteiger partial charge >= 0.3 is 0 Å². The highest BCUT2D eigenvalue weighted by molar-refractivity contribution is 6.29. The smallest absolute Gasteiger partial charge is 0.187 e. The summed E-state index contributed by atoms with van der Waals surface area (Å²) in [6.07, 6.45) is 1.82. The minimum atomic E-state index is -0.0561. The van der Waals surface area contributed by atoms with E-state index in [-0.39, 0.29) is 12.2 Å². The van der Waals surface area contributed by atoms with Crippen molar-refractivity contribution in [1.29, 1.82) is 0 Å². The Morgan fingerprint density at radius 2 is 1.80 bits per heavy atom. The van der Waals surface area contributed by atoms with Gasteiger partial charge < -0.3 is 0 Å². The molecule has 0 aromatic carbocycles. The van der Waals surface area contributed by atoms with Crippen LogP contribution in [-0.2, 0) is 6.42 Å². The number of rotatable bonds is 3. The molecule has 3 aromatic rings. The molecule has 0 bridgehead atoms. The van der Waals surface area contributed by atoms with E-state index >= 15 is 0 Å². The summed E-state index contributed by atoms with van der Waals surface area (Å²) in [7, 11) is 0. The van der Waals surface area contributed by atoms with Crippen molar-refractivity contribution in [2.75, 3.05) is 0 Å². The number of aromatic nitrogens is 3. The second-order valence-electron chi connectivity index (χ2n) is 4.29. The number of fused-ring (bicyclic) bond motifs is 1. The van der Waals surface area contributed by atoms with Crippen LogP contribution in [0.25, 0.3) is 11.0 Å². The van der Waals surface area contributed by atoms with Crippen LogP contribution in [0.3, 0.4) is 0 Å². The second-order valence-corrected chi connectivity index (χ2v) is 4.68. The minimum absolute atomic E-state index is 0.0561. The summed E-state index contributed by atoms with van der Waals surface area (Å²) >= 11 is 5.82. The summed E-state index contributed by atoms with van der Waals surface area (Å²) in [4.78, 5) is 24.7. The van der Waals surface area contributed by atoms with E-state index < -0.39 is 0 Å². The highest BCUT2D eigenvalue weighted by Crippen LogP contribution is 2.14. The number of hydrogen-bond acceptors (Lipinski definition) is 4. The van der Waals surface area contributed by atoms with Gasteiger partial charge in [0.05, 0.1) is 17.5 Å². The average molecular weight is 284 g/mol. The van der Waals surface area contributed by atoms with Crippen molar-refractivity contribution in [1.82, 2.24) is 15.0 Å². The summed E-state index contributed by atoms with van der Waals surface area (Å²) in [5.74, 6) is -0.0561. The first-order valence-electron chi connectivity index (χ1n) is 6.09. The molecule has 0 aliphatic heterocycles. The molecule has 20 heavy (non-hydrogen) atoms. The molecule has 0 unspecified atom stereocenters. The van der Waals surface area contributed by atoms with Gasteiger partial charge in [0.25, 0.3) is 0 Å². The highest BCUT2D eigenvalue weighted by atomic mass is 35.5. The maximum atomic E-state index is 12.1. The Kier molecular flexibility index (Phi) is 3.39. The fourth-order valence-electron chi connectivity index (χ4n) is 1.91. The molecule has 3 heterocycles. The van der Waals surface area contributed by atoms with Gasteiger partial charge in [-0.05, 0) is 36.4 Å². The zero-order chi connectivity index (χ0) is 13.9. The Balaban J connectivity index is 1.88. The lowest BCUT2D eigenvalue weighted by Crippen LogP contribution is -2.07. The number of ketones is 1. The van der Waals surface area contributed by atoms with Crippen molar-refractivity contribution in [3.8, 4) is 0 Å². The predicted molar refractivity (Wildman–Crippen MR) is 76.8 cm³/mol. The quantitative estimate of drug-likeness (QED) is 0.547. The van der Waals surface area contributed by atoms with Crippen LogP contribution in [0.4, 0.5) is 0 Å². The number of hydrogen-bond donors (Lipinski definition) is 0. The van der Waals surface area contributed by atoms with Gasteiger partial charge in [-0.3, -0.25) is 14.8 Å². The lowest BCUT2D eigenvalue weighted by Gasteiger charge is -2.02. The van der Waals surface area contributed by atoms with Crippen LogP contribution in [0.15, 0.2) is 48.7 Å². The molecule has 5 heteroatoms. The summed E-state index contributed by atoms with van der Waals surface area (Å²) in [6, 6.07) is 12.3. The van der Waals surface area contributed by atoms with Crippen LogP contribution in [0, 0.1) is 0 Å². The molecule has 0 atom stereocenters. The number of carbonyl (C=O) groups excluding carboxylic acids is 1. The Morgan fingerprint density at radius 3 is 2.60 bits per heavy atom. The van der Waals surface area contributed by atoms with Gasteiger partial charge in [-0.15, -0.1) is 0 Å². The van der Waals surface area contributed by atoms with E-state index in [4.69, 9.17) is 11.6 Å². The third-order valence-corrected chi connectivity index (χ3v) is 3.07. The van der Waals surface area contributed by atoms with E-state index in [0.717, 1.165) is 5.52 Å². The lowest BCUT2D eigenvalue weighted by atomic mass is 10.1. The normalized spacial score (nSPS) is 10.7. The molecule has 98 valence electrons. The molecule has 0 aliphatic carbocycles. The summed E-state index contributed by atoms with van der Waals surface area (Å²) < 4.78 is 0. The Labute approximate surface area is 120 Å². The van der Waals surface area contributed by atoms with Crippen LogP contribution in [-0.4, -0.2) is 20.7 Å². The zero-order valence-electron chi connectivity index (χ0n) is 10.5. The van der Waals surface area contributed by atoms with E-state index in [0.29, 0.717) is 22.1 Å². The molecular formula is C15H10ClN3O. The topological polar surface area (TPSA) is 55.7 Å². The van der Waals surface area contributed by atoms with E-state index in [2.05, 4.69) is 15.0 Å². The lowest BCUT2D eigenvalue weighted by molar-refractivity contribution is 0.0987. The number of Topliss-reactive ketones (excluding diaryl/α,β-unsaturated/α-hetero) is 1. The van der Waals surface area contributed by atoms with Crippen molar-refractivity contribution in [3.63, 3.8) is 0 Å². The molecule has 4 nitrogen and oxygen atoms in total. The molecule has 0 radical (unpaired) electrons. The van der Waals surface area contributed by atoms with Gasteiger partial charge in [0, 0.05) is 11.9 Å². The first kappa shape index (κ1) is 12.7. The summed E-state index contributed by atoms with van der Waals surface area (Å²) in [5.41, 5.74) is 2.58. The third-order valence-electron chi connectivity index (χ3n) is 2.86. The first-order chi connectivity index (χ1) is 9.72. The van der Waals surface area contributed by atoms with Gasteiger partial charge in [-0.25, -0.2) is 4.98 Å². The molecule has 3 rings (SSSR count). The number of nitrogens with zero attached hydrogens (tertiary/aromatic N) is 3. The number of halogens is 1. The molecule has 0 aliphatic rings. The standard InChI is InChI=1S/C15H10ClN3O/c16-15-7-6-11-12(19-15)5-4-10(18-11)9-14(20)13-3-1-2-8-17-13/h1-8H,9H2. The highest BCUT2D eigenvalue weighted by Gasteiger charge is 2.09. The summed E-state index contributed by atoms with van der Waals surface area (Å²) in [6.45, 7) is 0. The first-order valence-corrected chi connectivity index (χ1v) is 6.46. The Bertz CT molecular complexity index is 774. The molecule has 0 saturated heterocycles. The second kappa shape index (κ2) is 5.35. The van der Waals surface area contributed by atoms with Crippen molar-refractivity contribution in [3.05, 3.63) is 65.2 Å². The van der Waals surface area contributed by atoms with Crippen LogP contribution in [0.1, 0.15) is 16.2 Å². The predicted octanol–water partition coefficient (Wildman–Crippen LogP) is 3.10. The Hall–Kier alpha value is -2.33. The average Bonchev–Trinajstić information content (AvgIpc) is 2.48. The molecule has 0 N–H and O–H groups in total. The van der Waals surface area contributed by atoms with Gasteiger partial charge in [0.2, 0.25) is 0 Å². The molecule has 0 saturated carbocycles. The SMILES string of the molecule is O=C(Cc1ccc2nc(Cl)ccc2n1)c1ccccn1. The zero-order valence-corrected chi connectivity index (χ0v) is 11.2. The Morgan fingerprint density at radius 1 is 1.00 bits per heavy atom. The largest absolute Gasteiger partial charge is 0.292 e. The van der Waals surface area contributed by atoms with Crippen molar-refractivity contribution in [2.24, 2.45) is 0 Å². The number of pyridine rings is 3. The molecule has 3 aromatic heterocycles. The molecule has 0 amide bonds. The van der Waals surface area contributed by atoms with Crippen LogP contribution < -0.4 is 0 Å². The monoisotopic (exact) mass is 283 g/mol.